The molecule has 1 aromatic carbocycles. The lowest BCUT2D eigenvalue weighted by molar-refractivity contribution is 0.102. The molecule has 0 heterocycles. The molecule has 0 aliphatic rings. The highest BCUT2D eigenvalue weighted by Crippen LogP contribution is 2.11. The van der Waals surface area contributed by atoms with Crippen molar-refractivity contribution in [2.24, 2.45) is 0 Å². The van der Waals surface area contributed by atoms with Crippen LogP contribution in [-0.2, 0) is 11.3 Å². The largest absolute Gasteiger partial charge is 0.383 e. The lowest BCUT2D eigenvalue weighted by Crippen LogP contribution is -2.41. The van der Waals surface area contributed by atoms with Crippen LogP contribution in [0.5, 0.6) is 0 Å². The molecule has 1 N–H and O–H groups in total. The minimum atomic E-state index is 0.407. The van der Waals surface area contributed by atoms with Gasteiger partial charge in [-0.05, 0) is 32.1 Å². The summed E-state index contributed by atoms with van der Waals surface area (Å²) in [6, 6.07) is 8.94. The number of benzene rings is 1. The summed E-state index contributed by atoms with van der Waals surface area (Å²) in [4.78, 5) is 2.34. The summed E-state index contributed by atoms with van der Waals surface area (Å²) < 4.78 is 5.26. The van der Waals surface area contributed by atoms with Gasteiger partial charge < -0.3 is 10.1 Å². The van der Waals surface area contributed by atoms with Crippen LogP contribution in [-0.4, -0.2) is 45.3 Å². The van der Waals surface area contributed by atoms with E-state index in [2.05, 4.69) is 48.5 Å². The molecule has 1 unspecified atom stereocenters. The topological polar surface area (TPSA) is 24.5 Å². The molecule has 0 fully saturated rings. The van der Waals surface area contributed by atoms with Gasteiger partial charge in [-0.2, -0.15) is 0 Å². The molecule has 0 spiro atoms. The maximum atomic E-state index is 5.26. The molecule has 96 valence electrons. The summed E-state index contributed by atoms with van der Waals surface area (Å²) in [7, 11) is 5.88. The Morgan fingerprint density at radius 3 is 2.65 bits per heavy atom. The first kappa shape index (κ1) is 14.2. The van der Waals surface area contributed by atoms with Crippen LogP contribution in [0.2, 0.25) is 0 Å². The van der Waals surface area contributed by atoms with Gasteiger partial charge in [0.1, 0.15) is 0 Å². The number of hydrogen-bond acceptors (Lipinski definition) is 3. The van der Waals surface area contributed by atoms with E-state index in [0.717, 1.165) is 19.7 Å². The maximum absolute atomic E-state index is 5.26. The number of aryl methyl sites for hydroxylation is 1. The van der Waals surface area contributed by atoms with Crippen molar-refractivity contribution in [3.63, 3.8) is 0 Å². The second-order valence-corrected chi connectivity index (χ2v) is 4.51. The Balaban J connectivity index is 2.62. The van der Waals surface area contributed by atoms with E-state index in [1.807, 2.05) is 7.05 Å². The van der Waals surface area contributed by atoms with Gasteiger partial charge in [-0.25, -0.2) is 0 Å². The van der Waals surface area contributed by atoms with Gasteiger partial charge in [-0.3, -0.25) is 4.90 Å². The molecule has 0 aliphatic carbocycles. The zero-order chi connectivity index (χ0) is 12.7. The normalized spacial score (nSPS) is 13.0. The minimum absolute atomic E-state index is 0.407. The zero-order valence-corrected chi connectivity index (χ0v) is 11.4. The molecule has 1 atom stereocenters. The van der Waals surface area contributed by atoms with Crippen LogP contribution in [0.15, 0.2) is 24.3 Å². The zero-order valence-electron chi connectivity index (χ0n) is 11.4. The Kier molecular flexibility index (Phi) is 6.19. The van der Waals surface area contributed by atoms with Crippen molar-refractivity contribution in [2.45, 2.75) is 19.5 Å². The average Bonchev–Trinajstić information content (AvgIpc) is 2.32. The van der Waals surface area contributed by atoms with E-state index in [4.69, 9.17) is 4.74 Å². The van der Waals surface area contributed by atoms with Crippen LogP contribution in [0.3, 0.4) is 0 Å². The van der Waals surface area contributed by atoms with Crippen LogP contribution in [0.25, 0.3) is 0 Å². The number of ether oxygens (including phenoxy) is 1. The van der Waals surface area contributed by atoms with Gasteiger partial charge in [0, 0.05) is 26.2 Å². The summed E-state index contributed by atoms with van der Waals surface area (Å²) in [5.74, 6) is 0. The van der Waals surface area contributed by atoms with Crippen molar-refractivity contribution >= 4 is 0 Å². The highest BCUT2D eigenvalue weighted by atomic mass is 16.5. The fraction of sp³-hybridized carbons (Fsp3) is 0.571. The molecule has 0 aromatic heterocycles. The quantitative estimate of drug-likeness (QED) is 0.779. The van der Waals surface area contributed by atoms with Crippen LogP contribution in [0.4, 0.5) is 0 Å². The number of hydrogen-bond donors (Lipinski definition) is 1. The number of likely N-dealkylation sites (N-methyl/N-ethyl adjacent to an activating group) is 2. The Labute approximate surface area is 105 Å². The molecule has 1 aromatic rings. The van der Waals surface area contributed by atoms with Gasteiger partial charge in [-0.1, -0.05) is 24.3 Å². The summed E-state index contributed by atoms with van der Waals surface area (Å²) in [5, 5.41) is 3.21. The van der Waals surface area contributed by atoms with Crippen molar-refractivity contribution in [3.8, 4) is 0 Å². The molecule has 17 heavy (non-hydrogen) atoms. The Bertz CT molecular complexity index is 322. The third-order valence-electron chi connectivity index (χ3n) is 3.10. The van der Waals surface area contributed by atoms with Gasteiger partial charge in [0.25, 0.3) is 0 Å². The summed E-state index contributed by atoms with van der Waals surface area (Å²) in [6.07, 6.45) is 0. The molecule has 1 rings (SSSR count). The highest BCUT2D eigenvalue weighted by molar-refractivity contribution is 5.25. The fourth-order valence-corrected chi connectivity index (χ4v) is 1.96. The van der Waals surface area contributed by atoms with E-state index in [9.17, 15) is 0 Å². The maximum Gasteiger partial charge on any atom is 0.0630 e. The van der Waals surface area contributed by atoms with Crippen molar-refractivity contribution < 1.29 is 4.74 Å². The van der Waals surface area contributed by atoms with Crippen LogP contribution >= 0.6 is 0 Å². The molecule has 3 heteroatoms. The lowest BCUT2D eigenvalue weighted by Gasteiger charge is -2.28. The van der Waals surface area contributed by atoms with Gasteiger partial charge >= 0.3 is 0 Å². The first-order chi connectivity index (χ1) is 8.19. The molecule has 0 saturated heterocycles. The van der Waals surface area contributed by atoms with Gasteiger partial charge in [-0.15, -0.1) is 0 Å². The third kappa shape index (κ3) is 4.46. The number of nitrogens with one attached hydrogen (secondary N) is 1. The molecule has 3 nitrogen and oxygen atoms in total. The molecule has 0 radical (unpaired) electrons. The summed E-state index contributed by atoms with van der Waals surface area (Å²) in [6.45, 7) is 4.81. The van der Waals surface area contributed by atoms with Crippen LogP contribution in [0.1, 0.15) is 11.1 Å². The van der Waals surface area contributed by atoms with Gasteiger partial charge in [0.05, 0.1) is 6.61 Å². The molecular weight excluding hydrogens is 212 g/mol. The molecule has 0 saturated carbocycles. The molecule has 0 bridgehead atoms. The predicted octanol–water partition coefficient (Wildman–Crippen LogP) is 1.66. The first-order valence-corrected chi connectivity index (χ1v) is 6.07. The standard InChI is InChI=1S/C14H24N2O/c1-12-7-5-6-8-13(12)10-16(3)14(9-15-2)11-17-4/h5-8,14-15H,9-11H2,1-4H3. The van der Waals surface area contributed by atoms with Gasteiger partial charge in [0.15, 0.2) is 0 Å². The fourth-order valence-electron chi connectivity index (χ4n) is 1.96. The third-order valence-corrected chi connectivity index (χ3v) is 3.10. The number of methoxy groups -OCH3 is 1. The first-order valence-electron chi connectivity index (χ1n) is 6.07. The second kappa shape index (κ2) is 7.43. The SMILES string of the molecule is CNCC(COC)N(C)Cc1ccccc1C. The van der Waals surface area contributed by atoms with Gasteiger partial charge in [0.2, 0.25) is 0 Å². The van der Waals surface area contributed by atoms with E-state index in [-0.39, 0.29) is 0 Å². The van der Waals surface area contributed by atoms with E-state index in [1.165, 1.54) is 11.1 Å². The average molecular weight is 236 g/mol. The Hall–Kier alpha value is -0.900. The second-order valence-electron chi connectivity index (χ2n) is 4.51. The number of nitrogens with zero attached hydrogens (tertiary/aromatic N) is 1. The van der Waals surface area contributed by atoms with E-state index >= 15 is 0 Å². The number of rotatable bonds is 7. The lowest BCUT2D eigenvalue weighted by atomic mass is 10.1. The van der Waals surface area contributed by atoms with Crippen molar-refractivity contribution in [3.05, 3.63) is 35.4 Å². The predicted molar refractivity (Wildman–Crippen MR) is 72.2 cm³/mol. The molecule has 0 aliphatic heterocycles. The molecular formula is C14H24N2O. The summed E-state index contributed by atoms with van der Waals surface area (Å²) >= 11 is 0. The van der Waals surface area contributed by atoms with E-state index in [1.54, 1.807) is 7.11 Å². The Morgan fingerprint density at radius 1 is 1.35 bits per heavy atom. The minimum Gasteiger partial charge on any atom is -0.383 e. The van der Waals surface area contributed by atoms with Crippen LogP contribution < -0.4 is 5.32 Å². The van der Waals surface area contributed by atoms with Crippen molar-refractivity contribution in [1.29, 1.82) is 0 Å². The smallest absolute Gasteiger partial charge is 0.0630 e. The van der Waals surface area contributed by atoms with E-state index in [0.29, 0.717) is 6.04 Å². The Morgan fingerprint density at radius 2 is 2.06 bits per heavy atom. The molecule has 0 amide bonds. The van der Waals surface area contributed by atoms with Crippen molar-refractivity contribution in [1.82, 2.24) is 10.2 Å². The van der Waals surface area contributed by atoms with Crippen molar-refractivity contribution in [2.75, 3.05) is 34.4 Å². The highest BCUT2D eigenvalue weighted by Gasteiger charge is 2.14. The van der Waals surface area contributed by atoms with Crippen LogP contribution in [0, 0.1) is 6.92 Å². The monoisotopic (exact) mass is 236 g/mol. The van der Waals surface area contributed by atoms with E-state index < -0.39 is 0 Å². The summed E-state index contributed by atoms with van der Waals surface area (Å²) in [5.41, 5.74) is 2.73.